The first kappa shape index (κ1) is 6.74. The molecule has 0 radical (unpaired) electrons. The molecule has 0 saturated heterocycles. The van der Waals surface area contributed by atoms with Crippen molar-refractivity contribution in [1.29, 1.82) is 0 Å². The minimum atomic E-state index is -0.356. The number of aliphatic hydroxyl groups excluding tert-OH is 1. The van der Waals surface area contributed by atoms with E-state index in [1.54, 1.807) is 11.3 Å². The van der Waals surface area contributed by atoms with Crippen molar-refractivity contribution in [3.05, 3.63) is 22.4 Å². The monoisotopic (exact) mass is 144 g/mol. The lowest BCUT2D eigenvalue weighted by atomic mass is 10.3. The summed E-state index contributed by atoms with van der Waals surface area (Å²) in [6.07, 6.45) is -0.356. The minimum Gasteiger partial charge on any atom is -0.382 e. The van der Waals surface area contributed by atoms with Crippen LogP contribution >= 0.6 is 11.3 Å². The zero-order valence-electron chi connectivity index (χ0n) is 5.08. The van der Waals surface area contributed by atoms with Gasteiger partial charge in [0.25, 0.3) is 0 Å². The van der Waals surface area contributed by atoms with Gasteiger partial charge in [0.1, 0.15) is 12.6 Å². The quantitative estimate of drug-likeness (QED) is 0.604. The maximum absolute atomic E-state index is 9.17. The van der Waals surface area contributed by atoms with Crippen LogP contribution < -0.4 is 5.73 Å². The van der Waals surface area contributed by atoms with Crippen LogP contribution in [0.5, 0.6) is 0 Å². The average Bonchev–Trinajstić information content (AvgIpc) is 2.37. The highest BCUT2D eigenvalue weighted by Crippen LogP contribution is 2.16. The predicted octanol–water partition coefficient (Wildman–Crippen LogP) is 0.0234. The van der Waals surface area contributed by atoms with Crippen LogP contribution in [-0.2, 0) is 0 Å². The van der Waals surface area contributed by atoms with Crippen LogP contribution in [0.25, 0.3) is 0 Å². The van der Waals surface area contributed by atoms with Gasteiger partial charge < -0.3 is 10.8 Å². The topological polar surface area (TPSA) is 47.9 Å². The van der Waals surface area contributed by atoms with E-state index in [2.05, 4.69) is 5.73 Å². The largest absolute Gasteiger partial charge is 0.382 e. The van der Waals surface area contributed by atoms with Gasteiger partial charge in [0.05, 0.1) is 0 Å². The van der Waals surface area contributed by atoms with Gasteiger partial charge in [-0.2, -0.15) is 0 Å². The molecule has 1 rings (SSSR count). The molecule has 0 fully saturated rings. The Kier molecular flexibility index (Phi) is 2.22. The molecule has 0 saturated carbocycles. The molecule has 0 bridgehead atoms. The van der Waals surface area contributed by atoms with E-state index < -0.39 is 0 Å². The zero-order valence-corrected chi connectivity index (χ0v) is 5.90. The molecule has 1 aromatic heterocycles. The highest BCUT2D eigenvalue weighted by atomic mass is 32.1. The van der Waals surface area contributed by atoms with E-state index in [9.17, 15) is 0 Å². The van der Waals surface area contributed by atoms with E-state index in [1.807, 2.05) is 17.5 Å². The Morgan fingerprint density at radius 1 is 1.78 bits per heavy atom. The average molecular weight is 144 g/mol. The molecular formula is C6H10NOS+. The fourth-order valence-corrected chi connectivity index (χ4v) is 1.37. The lowest BCUT2D eigenvalue weighted by Gasteiger charge is -1.98. The van der Waals surface area contributed by atoms with E-state index in [1.165, 1.54) is 0 Å². The number of hydrogen-bond donors (Lipinski definition) is 2. The molecule has 0 aliphatic carbocycles. The van der Waals surface area contributed by atoms with Gasteiger partial charge in [-0.1, -0.05) is 6.07 Å². The first-order valence-corrected chi connectivity index (χ1v) is 3.73. The third-order valence-corrected chi connectivity index (χ3v) is 2.12. The van der Waals surface area contributed by atoms with Crippen molar-refractivity contribution >= 4 is 11.3 Å². The summed E-state index contributed by atoms with van der Waals surface area (Å²) in [5.74, 6) is 0. The van der Waals surface area contributed by atoms with Crippen molar-refractivity contribution in [2.45, 2.75) is 6.10 Å². The highest BCUT2D eigenvalue weighted by Gasteiger charge is 2.05. The van der Waals surface area contributed by atoms with E-state index in [-0.39, 0.29) is 6.10 Å². The van der Waals surface area contributed by atoms with Crippen LogP contribution in [0.4, 0.5) is 0 Å². The molecule has 0 aromatic carbocycles. The molecule has 9 heavy (non-hydrogen) atoms. The standard InChI is InChI=1S/C6H9NOS/c7-4-5(8)6-2-1-3-9-6/h1-3,5,8H,4,7H2/p+1/t5-/m1/s1. The van der Waals surface area contributed by atoms with Gasteiger partial charge in [0.15, 0.2) is 0 Å². The van der Waals surface area contributed by atoms with Crippen molar-refractivity contribution in [3.63, 3.8) is 0 Å². The molecule has 0 amide bonds. The van der Waals surface area contributed by atoms with E-state index in [0.29, 0.717) is 6.54 Å². The van der Waals surface area contributed by atoms with Gasteiger partial charge in [-0.15, -0.1) is 11.3 Å². The van der Waals surface area contributed by atoms with Crippen LogP contribution in [0.2, 0.25) is 0 Å². The minimum absolute atomic E-state index is 0.356. The first-order chi connectivity index (χ1) is 4.34. The van der Waals surface area contributed by atoms with Crippen molar-refractivity contribution in [1.82, 2.24) is 0 Å². The maximum atomic E-state index is 9.17. The molecule has 50 valence electrons. The number of quaternary nitrogens is 1. The lowest BCUT2D eigenvalue weighted by Crippen LogP contribution is -2.52. The molecule has 2 nitrogen and oxygen atoms in total. The first-order valence-electron chi connectivity index (χ1n) is 2.85. The fraction of sp³-hybridized carbons (Fsp3) is 0.333. The Morgan fingerprint density at radius 2 is 2.56 bits per heavy atom. The van der Waals surface area contributed by atoms with Gasteiger partial charge in [-0.05, 0) is 11.4 Å². The van der Waals surface area contributed by atoms with Crippen molar-refractivity contribution < 1.29 is 10.8 Å². The predicted molar refractivity (Wildman–Crippen MR) is 37.0 cm³/mol. The van der Waals surface area contributed by atoms with E-state index in [4.69, 9.17) is 5.11 Å². The molecule has 0 unspecified atom stereocenters. The molecule has 0 aliphatic heterocycles. The molecule has 1 atom stereocenters. The van der Waals surface area contributed by atoms with E-state index in [0.717, 1.165) is 4.88 Å². The zero-order chi connectivity index (χ0) is 6.69. The second-order valence-electron chi connectivity index (χ2n) is 1.82. The smallest absolute Gasteiger partial charge is 0.137 e. The molecule has 3 heteroatoms. The van der Waals surface area contributed by atoms with Crippen LogP contribution in [-0.4, -0.2) is 11.7 Å². The Labute approximate surface area is 57.9 Å². The van der Waals surface area contributed by atoms with Crippen molar-refractivity contribution in [3.8, 4) is 0 Å². The molecular weight excluding hydrogens is 134 g/mol. The fourth-order valence-electron chi connectivity index (χ4n) is 0.623. The number of rotatable bonds is 2. The molecule has 0 aliphatic rings. The maximum Gasteiger partial charge on any atom is 0.137 e. The molecule has 1 heterocycles. The third-order valence-electron chi connectivity index (χ3n) is 1.15. The van der Waals surface area contributed by atoms with Crippen LogP contribution in [0.3, 0.4) is 0 Å². The SMILES string of the molecule is [NH3+]C[C@@H](O)c1cccs1. The summed E-state index contributed by atoms with van der Waals surface area (Å²) in [6, 6.07) is 3.85. The van der Waals surface area contributed by atoms with Gasteiger partial charge in [-0.3, -0.25) is 0 Å². The summed E-state index contributed by atoms with van der Waals surface area (Å²) in [4.78, 5) is 1.00. The summed E-state index contributed by atoms with van der Waals surface area (Å²) in [6.45, 7) is 0.556. The highest BCUT2D eigenvalue weighted by molar-refractivity contribution is 7.10. The molecule has 4 N–H and O–H groups in total. The molecule has 1 aromatic rings. The summed E-state index contributed by atoms with van der Waals surface area (Å²) < 4.78 is 0. The van der Waals surface area contributed by atoms with Crippen LogP contribution in [0.15, 0.2) is 17.5 Å². The number of aliphatic hydroxyl groups is 1. The summed E-state index contributed by atoms with van der Waals surface area (Å²) in [7, 11) is 0. The van der Waals surface area contributed by atoms with Crippen LogP contribution in [0, 0.1) is 0 Å². The summed E-state index contributed by atoms with van der Waals surface area (Å²) in [5, 5.41) is 11.1. The van der Waals surface area contributed by atoms with Crippen LogP contribution in [0.1, 0.15) is 11.0 Å². The normalized spacial score (nSPS) is 13.6. The Morgan fingerprint density at radius 3 is 3.00 bits per heavy atom. The second kappa shape index (κ2) is 2.96. The van der Waals surface area contributed by atoms with Gasteiger partial charge in [-0.25, -0.2) is 0 Å². The number of thiophene rings is 1. The van der Waals surface area contributed by atoms with Gasteiger partial charge in [0, 0.05) is 4.88 Å². The second-order valence-corrected chi connectivity index (χ2v) is 2.80. The Bertz CT molecular complexity index is 162. The Balaban J connectivity index is 2.65. The lowest BCUT2D eigenvalue weighted by molar-refractivity contribution is -0.384. The molecule has 0 spiro atoms. The summed E-state index contributed by atoms with van der Waals surface area (Å²) in [5.41, 5.74) is 3.60. The Hall–Kier alpha value is -0.380. The van der Waals surface area contributed by atoms with E-state index >= 15 is 0 Å². The van der Waals surface area contributed by atoms with Gasteiger partial charge >= 0.3 is 0 Å². The number of hydrogen-bond acceptors (Lipinski definition) is 2. The third kappa shape index (κ3) is 1.51. The van der Waals surface area contributed by atoms with Crippen molar-refractivity contribution in [2.75, 3.05) is 6.54 Å². The van der Waals surface area contributed by atoms with Gasteiger partial charge in [0.2, 0.25) is 0 Å². The van der Waals surface area contributed by atoms with Crippen molar-refractivity contribution in [2.24, 2.45) is 0 Å². The summed E-state index contributed by atoms with van der Waals surface area (Å²) >= 11 is 1.57.